The Labute approximate surface area is 299 Å². The van der Waals surface area contributed by atoms with E-state index in [4.69, 9.17) is 32.9 Å². The highest BCUT2D eigenvalue weighted by atomic mass is 35.5. The van der Waals surface area contributed by atoms with Crippen molar-refractivity contribution in [2.45, 2.75) is 69.7 Å². The lowest BCUT2D eigenvalue weighted by Crippen LogP contribution is -2.41. The minimum Gasteiger partial charge on any atom is -0.472 e. The normalized spacial score (nSPS) is 24.1. The zero-order chi connectivity index (χ0) is 34.3. The summed E-state index contributed by atoms with van der Waals surface area (Å²) in [5.41, 5.74) is 4.37. The maximum absolute atomic E-state index is 17.1. The maximum atomic E-state index is 17.1. The number of nitrogens with zero attached hydrogens (tertiary/aromatic N) is 5. The van der Waals surface area contributed by atoms with Crippen molar-refractivity contribution in [2.75, 3.05) is 13.1 Å². The van der Waals surface area contributed by atoms with Gasteiger partial charge in [-0.1, -0.05) is 41.4 Å². The molecule has 1 N–H and O–H groups in total. The van der Waals surface area contributed by atoms with E-state index in [1.54, 1.807) is 24.4 Å². The van der Waals surface area contributed by atoms with Crippen LogP contribution in [0.15, 0.2) is 54.7 Å². The van der Waals surface area contributed by atoms with Crippen molar-refractivity contribution < 1.29 is 13.9 Å². The number of pyridine rings is 2. The second-order valence-corrected chi connectivity index (χ2v) is 15.0. The summed E-state index contributed by atoms with van der Waals surface area (Å²) < 4.78 is 25.9. The van der Waals surface area contributed by atoms with E-state index in [0.717, 1.165) is 42.4 Å². The molecule has 2 bridgehead atoms. The smallest absolute Gasteiger partial charge is 0.226 e. The van der Waals surface area contributed by atoms with Gasteiger partial charge in [0.05, 0.1) is 40.3 Å². The van der Waals surface area contributed by atoms with Crippen LogP contribution in [0, 0.1) is 35.9 Å². The van der Waals surface area contributed by atoms with E-state index in [1.165, 1.54) is 0 Å². The second kappa shape index (κ2) is 12.2. The number of nitriles is 1. The fourth-order valence-electron chi connectivity index (χ4n) is 8.66. The third-order valence-electron chi connectivity index (χ3n) is 11.2. The fraction of sp³-hybridized carbons (Fsp3) is 0.385. The van der Waals surface area contributed by atoms with Crippen LogP contribution in [0.25, 0.3) is 32.9 Å². The van der Waals surface area contributed by atoms with Crippen molar-refractivity contribution in [1.29, 1.82) is 5.26 Å². The van der Waals surface area contributed by atoms with E-state index < -0.39 is 5.82 Å². The summed E-state index contributed by atoms with van der Waals surface area (Å²) >= 11 is 13.1. The summed E-state index contributed by atoms with van der Waals surface area (Å²) in [7, 11) is 0. The third kappa shape index (κ3) is 5.06. The van der Waals surface area contributed by atoms with Gasteiger partial charge < -0.3 is 19.5 Å². The lowest BCUT2D eigenvalue weighted by molar-refractivity contribution is -0.133. The number of hydrogen-bond donors (Lipinski definition) is 1. The first-order valence-electron chi connectivity index (χ1n) is 17.4. The number of carbonyl (C=O) groups is 1. The second-order valence-electron chi connectivity index (χ2n) is 14.2. The Kier molecular flexibility index (Phi) is 7.76. The average molecular weight is 710 g/mol. The van der Waals surface area contributed by atoms with Gasteiger partial charge in [-0.2, -0.15) is 5.26 Å². The molecule has 5 unspecified atom stereocenters. The van der Waals surface area contributed by atoms with Crippen LogP contribution in [0.5, 0.6) is 5.88 Å². The molecule has 5 atom stereocenters. The number of hydrogen-bond acceptors (Lipinski definition) is 6. The number of benzene rings is 2. The van der Waals surface area contributed by atoms with Gasteiger partial charge in [-0.05, 0) is 68.4 Å². The molecule has 1 amide bonds. The molecule has 2 saturated carbocycles. The maximum Gasteiger partial charge on any atom is 0.226 e. The van der Waals surface area contributed by atoms with Crippen LogP contribution in [0.3, 0.4) is 0 Å². The van der Waals surface area contributed by atoms with Gasteiger partial charge in [-0.3, -0.25) is 4.79 Å². The Morgan fingerprint density at radius 1 is 1.14 bits per heavy atom. The van der Waals surface area contributed by atoms with E-state index in [0.29, 0.717) is 64.0 Å². The number of rotatable bonds is 8. The molecule has 5 aliphatic rings. The predicted molar refractivity (Wildman–Crippen MR) is 191 cm³/mol. The van der Waals surface area contributed by atoms with Crippen LogP contribution in [0.2, 0.25) is 10.0 Å². The standard InChI is InChI=1S/C39H35Cl2FN6O2/c1-20-26-17-31(30-16-24(50-32-9-2-3-13-44-32)19-47(30)39(49)21-10-11-21)48(37-23-15-29(37)45-18-23)38(26)27-14-22(6-5-12-43)33(35(42)36(27)46-20)25-7-4-8-28(40)34(25)41/h2-4,7-9,13-14,17,21,23-24,29-30,37,45H,5-6,10-11,15-16,18-19H2,1H3. The summed E-state index contributed by atoms with van der Waals surface area (Å²) in [6.45, 7) is 3.31. The first-order chi connectivity index (χ1) is 24.3. The Morgan fingerprint density at radius 2 is 2.00 bits per heavy atom. The van der Waals surface area contributed by atoms with Crippen LogP contribution in [0.4, 0.5) is 4.39 Å². The van der Waals surface area contributed by atoms with Crippen molar-refractivity contribution in [1.82, 2.24) is 24.8 Å². The van der Waals surface area contributed by atoms with Crippen molar-refractivity contribution in [3.8, 4) is 23.1 Å². The minimum absolute atomic E-state index is 0.0447. The number of ether oxygens (including phenoxy) is 1. The average Bonchev–Trinajstić information content (AvgIpc) is 3.40. The number of aromatic nitrogens is 3. The molecule has 3 aliphatic heterocycles. The fourth-order valence-corrected chi connectivity index (χ4v) is 9.05. The van der Waals surface area contributed by atoms with Crippen LogP contribution < -0.4 is 10.1 Å². The van der Waals surface area contributed by atoms with Gasteiger partial charge in [-0.15, -0.1) is 0 Å². The molecular weight excluding hydrogens is 674 g/mol. The monoisotopic (exact) mass is 708 g/mol. The van der Waals surface area contributed by atoms with Crippen molar-refractivity contribution in [3.05, 3.63) is 87.5 Å². The van der Waals surface area contributed by atoms with Gasteiger partial charge in [0.2, 0.25) is 11.8 Å². The highest BCUT2D eigenvalue weighted by molar-refractivity contribution is 6.43. The predicted octanol–water partition coefficient (Wildman–Crippen LogP) is 8.13. The quantitative estimate of drug-likeness (QED) is 0.175. The third-order valence-corrected chi connectivity index (χ3v) is 12.0. The molecule has 0 spiro atoms. The molecule has 0 radical (unpaired) electrons. The van der Waals surface area contributed by atoms with Gasteiger partial charge in [0, 0.05) is 76.9 Å². The Hall–Kier alpha value is -4.23. The minimum atomic E-state index is -0.483. The van der Waals surface area contributed by atoms with Crippen molar-refractivity contribution in [2.24, 2.45) is 11.8 Å². The largest absolute Gasteiger partial charge is 0.472 e. The number of fused-ring (bicyclic) bond motifs is 4. The molecule has 11 heteroatoms. The highest BCUT2D eigenvalue weighted by Crippen LogP contribution is 2.51. The number of nitrogens with one attached hydrogen (secondary N) is 1. The SMILES string of the molecule is Cc1nc2c(F)c(-c3cccc(Cl)c3Cl)c(CCC#N)cc2c2c1cc(C1CC(Oc3ccccn3)CN1C(=O)C1CC1)n2C1C2CNC1C2. The van der Waals surface area contributed by atoms with Gasteiger partial charge >= 0.3 is 0 Å². The van der Waals surface area contributed by atoms with E-state index in [2.05, 4.69) is 27.0 Å². The molecule has 254 valence electrons. The van der Waals surface area contributed by atoms with Gasteiger partial charge in [0.25, 0.3) is 0 Å². The Morgan fingerprint density at radius 3 is 2.72 bits per heavy atom. The van der Waals surface area contributed by atoms with Crippen LogP contribution >= 0.6 is 23.2 Å². The summed E-state index contributed by atoms with van der Waals surface area (Å²) in [5, 5.41) is 15.5. The Balaban J connectivity index is 1.27. The Bertz CT molecular complexity index is 2220. The van der Waals surface area contributed by atoms with Gasteiger partial charge in [0.15, 0.2) is 5.82 Å². The van der Waals surface area contributed by atoms with E-state index in [-0.39, 0.29) is 53.0 Å². The number of carbonyl (C=O) groups excluding carboxylic acids is 1. The molecule has 2 aliphatic carbocycles. The highest BCUT2D eigenvalue weighted by Gasteiger charge is 2.51. The van der Waals surface area contributed by atoms with E-state index in [1.807, 2.05) is 36.1 Å². The summed E-state index contributed by atoms with van der Waals surface area (Å²) in [4.78, 5) is 25.2. The zero-order valence-electron chi connectivity index (χ0n) is 27.5. The van der Waals surface area contributed by atoms with Gasteiger partial charge in [0.1, 0.15) is 11.6 Å². The van der Waals surface area contributed by atoms with Crippen LogP contribution in [-0.2, 0) is 11.2 Å². The first kappa shape index (κ1) is 31.7. The number of aryl methyl sites for hydroxylation is 2. The van der Waals surface area contributed by atoms with Gasteiger partial charge in [-0.25, -0.2) is 14.4 Å². The summed E-state index contributed by atoms with van der Waals surface area (Å²) in [6, 6.07) is 17.4. The zero-order valence-corrected chi connectivity index (χ0v) is 29.0. The molecule has 2 aromatic carbocycles. The molecule has 50 heavy (non-hydrogen) atoms. The lowest BCUT2D eigenvalue weighted by atomic mass is 9.79. The van der Waals surface area contributed by atoms with Crippen LogP contribution in [0.1, 0.15) is 61.1 Å². The molecule has 10 rings (SSSR count). The molecule has 3 saturated heterocycles. The van der Waals surface area contributed by atoms with Crippen molar-refractivity contribution in [3.63, 3.8) is 0 Å². The summed E-state index contributed by atoms with van der Waals surface area (Å²) in [5.74, 6) is 0.689. The summed E-state index contributed by atoms with van der Waals surface area (Å²) in [6.07, 6.45) is 5.53. The number of likely N-dealkylation sites (tertiary alicyclic amines) is 1. The molecule has 6 heterocycles. The number of amides is 1. The molecule has 5 aromatic rings. The van der Waals surface area contributed by atoms with E-state index >= 15 is 4.39 Å². The van der Waals surface area contributed by atoms with E-state index in [9.17, 15) is 10.1 Å². The van der Waals surface area contributed by atoms with Crippen LogP contribution in [-0.4, -0.2) is 50.6 Å². The molecular formula is C39H35Cl2FN6O2. The molecule has 8 nitrogen and oxygen atoms in total. The first-order valence-corrected chi connectivity index (χ1v) is 18.2. The number of halogens is 3. The topological polar surface area (TPSA) is 96.1 Å². The molecule has 3 aromatic heterocycles. The molecule has 5 fully saturated rings. The van der Waals surface area contributed by atoms with Crippen molar-refractivity contribution >= 4 is 50.9 Å². The lowest BCUT2D eigenvalue weighted by Gasteiger charge is -2.39.